The van der Waals surface area contributed by atoms with Crippen LogP contribution in [0.15, 0.2) is 42.5 Å². The number of ether oxygens (including phenoxy) is 2. The third-order valence-corrected chi connectivity index (χ3v) is 7.19. The van der Waals surface area contributed by atoms with Gasteiger partial charge in [-0.1, -0.05) is 30.3 Å². The maximum Gasteiger partial charge on any atom is 0.151 e. The van der Waals surface area contributed by atoms with Gasteiger partial charge in [-0.15, -0.1) is 0 Å². The first kappa shape index (κ1) is 21.3. The first-order chi connectivity index (χ1) is 14.4. The largest absolute Gasteiger partial charge is 0.487 e. The zero-order valence-electron chi connectivity index (χ0n) is 17.9. The zero-order valence-corrected chi connectivity index (χ0v) is 18.7. The number of sulfone groups is 1. The maximum atomic E-state index is 11.5. The number of likely N-dealkylation sites (tertiary alicyclic amines) is 1. The van der Waals surface area contributed by atoms with Crippen LogP contribution in [0.25, 0.3) is 11.1 Å². The van der Waals surface area contributed by atoms with Crippen LogP contribution in [-0.2, 0) is 26.7 Å². The molecule has 0 atom stereocenters. The minimum atomic E-state index is -3.01. The van der Waals surface area contributed by atoms with Crippen molar-refractivity contribution in [3.63, 3.8) is 0 Å². The summed E-state index contributed by atoms with van der Waals surface area (Å²) in [4.78, 5) is 2.46. The Kier molecular flexibility index (Phi) is 6.19. The van der Waals surface area contributed by atoms with E-state index in [1.807, 2.05) is 24.3 Å². The van der Waals surface area contributed by atoms with Crippen LogP contribution in [0.3, 0.4) is 0 Å². The lowest BCUT2D eigenvalue weighted by molar-refractivity contribution is -0.0185. The Hall–Kier alpha value is -1.89. The highest BCUT2D eigenvalue weighted by molar-refractivity contribution is 7.89. The van der Waals surface area contributed by atoms with E-state index in [0.717, 1.165) is 74.4 Å². The number of fused-ring (bicyclic) bond motifs is 1. The molecule has 162 valence electrons. The third kappa shape index (κ3) is 5.05. The minimum Gasteiger partial charge on any atom is -0.487 e. The van der Waals surface area contributed by atoms with Gasteiger partial charge in [-0.25, -0.2) is 8.42 Å². The number of benzene rings is 2. The first-order valence-corrected chi connectivity index (χ1v) is 12.7. The molecule has 0 radical (unpaired) electrons. The molecule has 1 saturated heterocycles. The zero-order chi connectivity index (χ0) is 21.2. The number of methoxy groups -OCH3 is 1. The van der Waals surface area contributed by atoms with Crippen LogP contribution in [0, 0.1) is 0 Å². The molecule has 2 aliphatic heterocycles. The third-order valence-electron chi connectivity index (χ3n) is 6.33. The van der Waals surface area contributed by atoms with Crippen molar-refractivity contribution in [3.8, 4) is 16.9 Å². The Labute approximate surface area is 179 Å². The number of hydrogen-bond acceptors (Lipinski definition) is 5. The fraction of sp³-hybridized carbons (Fsp3) is 0.500. The van der Waals surface area contributed by atoms with Crippen LogP contribution in [-0.4, -0.2) is 58.5 Å². The molecule has 2 aliphatic rings. The van der Waals surface area contributed by atoms with Gasteiger partial charge < -0.3 is 14.4 Å². The van der Waals surface area contributed by atoms with Gasteiger partial charge >= 0.3 is 0 Å². The van der Waals surface area contributed by atoms with Crippen molar-refractivity contribution in [2.75, 3.05) is 39.6 Å². The summed E-state index contributed by atoms with van der Waals surface area (Å²) in [5.74, 6) is 1.10. The van der Waals surface area contributed by atoms with Crippen molar-refractivity contribution >= 4 is 9.84 Å². The molecule has 0 unspecified atom stereocenters. The summed E-state index contributed by atoms with van der Waals surface area (Å²) < 4.78 is 34.7. The van der Waals surface area contributed by atoms with Crippen molar-refractivity contribution in [1.82, 2.24) is 4.90 Å². The second-order valence-electron chi connectivity index (χ2n) is 8.71. The van der Waals surface area contributed by atoms with Crippen LogP contribution >= 0.6 is 0 Å². The number of hydrogen-bond donors (Lipinski definition) is 0. The van der Waals surface area contributed by atoms with E-state index in [4.69, 9.17) is 9.47 Å². The summed E-state index contributed by atoms with van der Waals surface area (Å²) in [6.45, 7) is 3.91. The van der Waals surface area contributed by atoms with Crippen LogP contribution in [0.4, 0.5) is 0 Å². The van der Waals surface area contributed by atoms with Crippen molar-refractivity contribution in [2.24, 2.45) is 0 Å². The highest BCUT2D eigenvalue weighted by atomic mass is 32.2. The Morgan fingerprint density at radius 3 is 2.40 bits per heavy atom. The Morgan fingerprint density at radius 1 is 1.03 bits per heavy atom. The van der Waals surface area contributed by atoms with Gasteiger partial charge in [0, 0.05) is 33.0 Å². The summed E-state index contributed by atoms with van der Waals surface area (Å²) >= 11 is 0. The average molecular weight is 430 g/mol. The second kappa shape index (κ2) is 8.69. The monoisotopic (exact) mass is 429 g/mol. The fourth-order valence-corrected chi connectivity index (χ4v) is 5.35. The Bertz CT molecular complexity index is 977. The van der Waals surface area contributed by atoms with E-state index in [0.29, 0.717) is 0 Å². The van der Waals surface area contributed by atoms with Crippen LogP contribution in [0.1, 0.15) is 30.4 Å². The van der Waals surface area contributed by atoms with Crippen LogP contribution in [0.2, 0.25) is 0 Å². The molecule has 0 bridgehead atoms. The molecule has 0 N–H and O–H groups in total. The highest BCUT2D eigenvalue weighted by Crippen LogP contribution is 2.40. The van der Waals surface area contributed by atoms with E-state index in [-0.39, 0.29) is 11.4 Å². The van der Waals surface area contributed by atoms with Gasteiger partial charge in [-0.05, 0) is 60.1 Å². The van der Waals surface area contributed by atoms with Gasteiger partial charge in [-0.3, -0.25) is 0 Å². The van der Waals surface area contributed by atoms with Gasteiger partial charge in [0.25, 0.3) is 0 Å². The summed E-state index contributed by atoms with van der Waals surface area (Å²) in [5.41, 5.74) is 4.31. The SMILES string of the molecule is COCCN1CCC2(CCc3cc(-c4ccc(CS(C)(=O)=O)cc4)ccc3O2)CC1. The average Bonchev–Trinajstić information content (AvgIpc) is 2.73. The molecular weight excluding hydrogens is 398 g/mol. The van der Waals surface area contributed by atoms with Gasteiger partial charge in [0.2, 0.25) is 0 Å². The summed E-state index contributed by atoms with van der Waals surface area (Å²) in [6, 6.07) is 14.2. The van der Waals surface area contributed by atoms with Crippen LogP contribution < -0.4 is 4.74 Å². The quantitative estimate of drug-likeness (QED) is 0.701. The van der Waals surface area contributed by atoms with E-state index < -0.39 is 9.84 Å². The second-order valence-corrected chi connectivity index (χ2v) is 10.8. The molecule has 5 nitrogen and oxygen atoms in total. The predicted octanol–water partition coefficient (Wildman–Crippen LogP) is 3.70. The molecule has 6 heteroatoms. The molecule has 2 heterocycles. The molecule has 2 aromatic carbocycles. The Morgan fingerprint density at radius 2 is 1.73 bits per heavy atom. The smallest absolute Gasteiger partial charge is 0.151 e. The first-order valence-electron chi connectivity index (χ1n) is 10.7. The number of nitrogens with zero attached hydrogens (tertiary/aromatic N) is 1. The normalized spacial score (nSPS) is 18.7. The summed E-state index contributed by atoms with van der Waals surface area (Å²) in [6.07, 6.45) is 5.50. The van der Waals surface area contributed by atoms with Crippen LogP contribution in [0.5, 0.6) is 5.75 Å². The van der Waals surface area contributed by atoms with Crippen molar-refractivity contribution < 1.29 is 17.9 Å². The molecule has 1 spiro atoms. The molecule has 1 fully saturated rings. The molecule has 30 heavy (non-hydrogen) atoms. The van der Waals surface area contributed by atoms with Crippen molar-refractivity contribution in [2.45, 2.75) is 37.0 Å². The molecule has 0 aromatic heterocycles. The van der Waals surface area contributed by atoms with E-state index in [1.54, 1.807) is 7.11 Å². The van der Waals surface area contributed by atoms with Gasteiger partial charge in [0.15, 0.2) is 9.84 Å². The highest BCUT2D eigenvalue weighted by Gasteiger charge is 2.39. The fourth-order valence-electron chi connectivity index (χ4n) is 4.55. The molecule has 2 aromatic rings. The topological polar surface area (TPSA) is 55.8 Å². The lowest BCUT2D eigenvalue weighted by Crippen LogP contribution is -2.50. The molecule has 0 saturated carbocycles. The van der Waals surface area contributed by atoms with Gasteiger partial charge in [0.1, 0.15) is 11.4 Å². The lowest BCUT2D eigenvalue weighted by Gasteiger charge is -2.44. The standard InChI is InChI=1S/C24H31NO4S/c1-28-16-15-25-13-11-24(12-14-25)10-9-22-17-21(7-8-23(22)29-24)20-5-3-19(4-6-20)18-30(2,26)27/h3-8,17H,9-16,18H2,1-2H3. The number of aryl methyl sites for hydroxylation is 1. The van der Waals surface area contributed by atoms with E-state index in [9.17, 15) is 8.42 Å². The van der Waals surface area contributed by atoms with E-state index >= 15 is 0 Å². The summed E-state index contributed by atoms with van der Waals surface area (Å²) in [7, 11) is -1.26. The van der Waals surface area contributed by atoms with E-state index in [2.05, 4.69) is 23.1 Å². The van der Waals surface area contributed by atoms with Crippen molar-refractivity contribution in [1.29, 1.82) is 0 Å². The molecule has 0 aliphatic carbocycles. The Balaban J connectivity index is 1.43. The molecule has 4 rings (SSSR count). The van der Waals surface area contributed by atoms with Gasteiger partial charge in [0.05, 0.1) is 12.4 Å². The number of rotatable bonds is 6. The lowest BCUT2D eigenvalue weighted by atomic mass is 9.82. The van der Waals surface area contributed by atoms with Crippen molar-refractivity contribution in [3.05, 3.63) is 53.6 Å². The minimum absolute atomic E-state index is 0.0224. The maximum absolute atomic E-state index is 11.5. The van der Waals surface area contributed by atoms with E-state index in [1.165, 1.54) is 11.8 Å². The molecular formula is C24H31NO4S. The number of piperidine rings is 1. The summed E-state index contributed by atoms with van der Waals surface area (Å²) in [5, 5.41) is 0. The van der Waals surface area contributed by atoms with Gasteiger partial charge in [-0.2, -0.15) is 0 Å². The predicted molar refractivity (Wildman–Crippen MR) is 120 cm³/mol. The molecule has 0 amide bonds.